The van der Waals surface area contributed by atoms with Crippen LogP contribution in [-0.2, 0) is 38.7 Å². The zero-order valence-electron chi connectivity index (χ0n) is 35.3. The second-order valence-corrected chi connectivity index (χ2v) is 18.1. The monoisotopic (exact) mass is 793 g/mol. The second-order valence-electron chi connectivity index (χ2n) is 18.1. The van der Waals surface area contributed by atoms with Crippen LogP contribution < -0.4 is 0 Å². The molecule has 56 heavy (non-hydrogen) atoms. The maximum atomic E-state index is 14.7. The summed E-state index contributed by atoms with van der Waals surface area (Å²) in [6.45, 7) is 13.7. The SMILES string of the molecule is CO[C@]1(C)C[C@H](OC2C(C)C(=O)N3CCC(c4ccc(F)cc4)(CC3)C(=O)N(C)C[C@H](C)CC(C)(O)[C@H](OC3OC(C)CC(N(C)C)[C@H]3O)[C@H]2C)OC(C)[C@@H]1O. The molecule has 2 amide bonds. The van der Waals surface area contributed by atoms with Crippen LogP contribution in [0.5, 0.6) is 0 Å². The molecule has 2 bridgehead atoms. The largest absolute Gasteiger partial charge is 0.387 e. The summed E-state index contributed by atoms with van der Waals surface area (Å²) in [4.78, 5) is 34.7. The van der Waals surface area contributed by atoms with Gasteiger partial charge in [0, 0.05) is 52.2 Å². The zero-order chi connectivity index (χ0) is 41.5. The number of carbonyl (C=O) groups is 2. The molecule has 1 aromatic carbocycles. The molecule has 0 saturated carbocycles. The van der Waals surface area contributed by atoms with Gasteiger partial charge in [0.05, 0.1) is 47.0 Å². The van der Waals surface area contributed by atoms with Crippen molar-refractivity contribution in [1.29, 1.82) is 0 Å². The van der Waals surface area contributed by atoms with Gasteiger partial charge in [-0.05, 0) is 91.1 Å². The molecule has 14 atom stereocenters. The molecule has 0 spiro atoms. The highest BCUT2D eigenvalue weighted by Crippen LogP contribution is 2.42. The van der Waals surface area contributed by atoms with Gasteiger partial charge in [-0.2, -0.15) is 0 Å². The van der Waals surface area contributed by atoms with Crippen molar-refractivity contribution in [2.24, 2.45) is 17.8 Å². The maximum absolute atomic E-state index is 14.7. The normalized spacial score (nSPS) is 43.5. The van der Waals surface area contributed by atoms with Crippen molar-refractivity contribution >= 4 is 11.8 Å². The number of nitrogens with zero attached hydrogens (tertiary/aromatic N) is 3. The molecule has 1 aromatic rings. The Balaban J connectivity index is 1.58. The first kappa shape index (κ1) is 44.8. The van der Waals surface area contributed by atoms with E-state index >= 15 is 0 Å². The lowest BCUT2D eigenvalue weighted by atomic mass is 9.71. The lowest BCUT2D eigenvalue weighted by Crippen LogP contribution is -2.61. The van der Waals surface area contributed by atoms with Crippen molar-refractivity contribution in [2.75, 3.05) is 47.9 Å². The van der Waals surface area contributed by atoms with Gasteiger partial charge in [0.15, 0.2) is 12.6 Å². The molecule has 3 N–H and O–H groups in total. The van der Waals surface area contributed by atoms with E-state index in [1.165, 1.54) is 19.2 Å². The molecule has 318 valence electrons. The molecule has 7 unspecified atom stereocenters. The number of carbonyl (C=O) groups excluding carboxylic acids is 2. The van der Waals surface area contributed by atoms with Gasteiger partial charge in [-0.15, -0.1) is 0 Å². The molecule has 14 heteroatoms. The van der Waals surface area contributed by atoms with Crippen LogP contribution in [0.3, 0.4) is 0 Å². The number of methoxy groups -OCH3 is 1. The van der Waals surface area contributed by atoms with Crippen molar-refractivity contribution in [3.8, 4) is 0 Å². The van der Waals surface area contributed by atoms with Gasteiger partial charge in [0.25, 0.3) is 0 Å². The average Bonchev–Trinajstić information content (AvgIpc) is 3.14. The molecule has 13 nitrogen and oxygen atoms in total. The number of hydrogen-bond donors (Lipinski definition) is 3. The smallest absolute Gasteiger partial charge is 0.233 e. The molecule has 5 aliphatic heterocycles. The molecule has 5 aliphatic rings. The van der Waals surface area contributed by atoms with Gasteiger partial charge in [0.2, 0.25) is 11.8 Å². The van der Waals surface area contributed by atoms with Gasteiger partial charge in [-0.25, -0.2) is 4.39 Å². The van der Waals surface area contributed by atoms with Crippen LogP contribution in [0.4, 0.5) is 4.39 Å². The van der Waals surface area contributed by atoms with Crippen LogP contribution in [0.2, 0.25) is 0 Å². The summed E-state index contributed by atoms with van der Waals surface area (Å²) >= 11 is 0. The van der Waals surface area contributed by atoms with E-state index in [0.717, 1.165) is 0 Å². The van der Waals surface area contributed by atoms with Gasteiger partial charge in [-0.1, -0.05) is 32.9 Å². The highest BCUT2D eigenvalue weighted by molar-refractivity contribution is 5.89. The number of aliphatic hydroxyl groups excluding tert-OH is 2. The summed E-state index contributed by atoms with van der Waals surface area (Å²) in [6.07, 6.45) is -5.19. The summed E-state index contributed by atoms with van der Waals surface area (Å²) in [5.74, 6) is -2.44. The third-order valence-corrected chi connectivity index (χ3v) is 13.3. The number of ether oxygens (including phenoxy) is 5. The number of aliphatic hydroxyl groups is 3. The summed E-state index contributed by atoms with van der Waals surface area (Å²) in [6, 6.07) is 5.79. The van der Waals surface area contributed by atoms with Crippen molar-refractivity contribution in [1.82, 2.24) is 14.7 Å². The molecule has 0 aromatic heterocycles. The Morgan fingerprint density at radius 1 is 0.946 bits per heavy atom. The first-order valence-corrected chi connectivity index (χ1v) is 20.4. The van der Waals surface area contributed by atoms with Crippen molar-refractivity contribution < 1.29 is 53.0 Å². The van der Waals surface area contributed by atoms with Crippen molar-refractivity contribution in [3.63, 3.8) is 0 Å². The van der Waals surface area contributed by atoms with Crippen LogP contribution in [0.15, 0.2) is 24.3 Å². The third kappa shape index (κ3) is 9.13. The summed E-state index contributed by atoms with van der Waals surface area (Å²) in [5, 5.41) is 35.2. The fraction of sp³-hybridized carbons (Fsp3) is 0.810. The van der Waals surface area contributed by atoms with Crippen LogP contribution in [-0.4, -0.2) is 156 Å². The number of halogens is 1. The topological polar surface area (TPSA) is 151 Å². The van der Waals surface area contributed by atoms with Gasteiger partial charge in [-0.3, -0.25) is 9.59 Å². The van der Waals surface area contributed by atoms with Gasteiger partial charge >= 0.3 is 0 Å². The quantitative estimate of drug-likeness (QED) is 0.374. The maximum Gasteiger partial charge on any atom is 0.233 e. The average molecular weight is 794 g/mol. The highest BCUT2D eigenvalue weighted by atomic mass is 19.1. The standard InChI is InChI=1S/C42H68FN3O10/c1-24-21-40(6,51)36(56-38-33(47)31(44(8)9)20-25(2)53-38)26(3)34(55-32-22-41(7,52-11)35(48)28(5)54-32)27(4)37(49)46-18-16-42(17-19-46,39(50)45(10)23-24)29-12-14-30(43)15-13-29/h12-15,24-28,31-36,38,47-48,51H,16-23H2,1-11H3/t24-,25?,26+,27?,28?,31?,32+,33-,34?,35+,36-,38?,40?,41-/m1/s1. The molecular formula is C42H68FN3O10. The third-order valence-electron chi connectivity index (χ3n) is 13.3. The predicted octanol–water partition coefficient (Wildman–Crippen LogP) is 3.30. The molecule has 5 fully saturated rings. The van der Waals surface area contributed by atoms with E-state index in [9.17, 15) is 29.3 Å². The molecular weight excluding hydrogens is 725 g/mol. The zero-order valence-corrected chi connectivity index (χ0v) is 35.3. The number of benzene rings is 1. The van der Waals surface area contributed by atoms with Crippen LogP contribution in [0.25, 0.3) is 0 Å². The number of hydrogen-bond acceptors (Lipinski definition) is 11. The van der Waals surface area contributed by atoms with E-state index in [1.54, 1.807) is 56.7 Å². The highest BCUT2D eigenvalue weighted by Gasteiger charge is 2.53. The minimum Gasteiger partial charge on any atom is -0.387 e. The van der Waals surface area contributed by atoms with E-state index in [0.29, 0.717) is 31.4 Å². The van der Waals surface area contributed by atoms with E-state index < -0.39 is 77.4 Å². The van der Waals surface area contributed by atoms with Crippen LogP contribution in [0, 0.1) is 23.6 Å². The number of likely N-dealkylation sites (N-methyl/N-ethyl adjacent to an activating group) is 2. The van der Waals surface area contributed by atoms with Crippen molar-refractivity contribution in [2.45, 2.75) is 152 Å². The number of fused-ring (bicyclic) bond motifs is 12. The van der Waals surface area contributed by atoms with E-state index in [2.05, 4.69) is 0 Å². The van der Waals surface area contributed by atoms with E-state index in [4.69, 9.17) is 23.7 Å². The Morgan fingerprint density at radius 2 is 1.57 bits per heavy atom. The minimum atomic E-state index is -1.59. The lowest BCUT2D eigenvalue weighted by molar-refractivity contribution is -0.317. The first-order chi connectivity index (χ1) is 26.1. The summed E-state index contributed by atoms with van der Waals surface area (Å²) in [5.41, 5.74) is -2.87. The summed E-state index contributed by atoms with van der Waals surface area (Å²) < 4.78 is 46.0. The number of amides is 2. The Kier molecular flexibility index (Phi) is 14.0. The molecule has 5 saturated heterocycles. The molecule has 5 heterocycles. The Hall–Kier alpha value is -2.27. The van der Waals surface area contributed by atoms with Gasteiger partial charge in [0.1, 0.15) is 18.0 Å². The van der Waals surface area contributed by atoms with Gasteiger partial charge < -0.3 is 53.7 Å². The number of piperidine rings is 1. The Bertz CT molecular complexity index is 1490. The van der Waals surface area contributed by atoms with Crippen LogP contribution >= 0.6 is 0 Å². The Labute approximate surface area is 332 Å². The second kappa shape index (κ2) is 17.5. The van der Waals surface area contributed by atoms with Crippen molar-refractivity contribution in [3.05, 3.63) is 35.6 Å². The lowest BCUT2D eigenvalue weighted by Gasteiger charge is -2.49. The fourth-order valence-corrected chi connectivity index (χ4v) is 10.0. The molecule has 0 radical (unpaired) electrons. The number of rotatable bonds is 7. The van der Waals surface area contributed by atoms with E-state index in [1.807, 2.05) is 39.8 Å². The predicted molar refractivity (Wildman–Crippen MR) is 207 cm³/mol. The minimum absolute atomic E-state index is 0.123. The Morgan fingerprint density at radius 3 is 2.16 bits per heavy atom. The summed E-state index contributed by atoms with van der Waals surface area (Å²) in [7, 11) is 7.06. The fourth-order valence-electron chi connectivity index (χ4n) is 10.0. The molecule has 0 aliphatic carbocycles. The van der Waals surface area contributed by atoms with E-state index in [-0.39, 0.29) is 55.8 Å². The van der Waals surface area contributed by atoms with Crippen LogP contribution in [0.1, 0.15) is 86.1 Å². The first-order valence-electron chi connectivity index (χ1n) is 20.4. The molecule has 6 rings (SSSR count).